The molecule has 0 atom stereocenters. The highest BCUT2D eigenvalue weighted by atomic mass is 32.2. The van der Waals surface area contributed by atoms with Crippen molar-refractivity contribution in [2.75, 3.05) is 6.26 Å². The Morgan fingerprint density at radius 2 is 2.38 bits per heavy atom. The van der Waals surface area contributed by atoms with Gasteiger partial charge in [-0.05, 0) is 11.7 Å². The van der Waals surface area contributed by atoms with Crippen molar-refractivity contribution >= 4 is 18.0 Å². The zero-order valence-electron chi connectivity index (χ0n) is 4.76. The number of hydrogen-bond donors (Lipinski definition) is 0. The topological polar surface area (TPSA) is 17.1 Å². The minimum absolute atomic E-state index is 0.637. The van der Waals surface area contributed by atoms with Crippen molar-refractivity contribution < 1.29 is 4.79 Å². The smallest absolute Gasteiger partial charge is 0.150 e. The second kappa shape index (κ2) is 4.65. The third-order valence-electron chi connectivity index (χ3n) is 0.626. The Balaban J connectivity index is 3.85. The molecule has 8 heavy (non-hydrogen) atoms. The highest BCUT2D eigenvalue weighted by molar-refractivity contribution is 8.01. The first-order chi connectivity index (χ1) is 3.85. The summed E-state index contributed by atoms with van der Waals surface area (Å²) in [6.45, 7) is 3.44. The van der Waals surface area contributed by atoms with E-state index in [1.165, 1.54) is 17.8 Å². The summed E-state index contributed by atoms with van der Waals surface area (Å²) in [5.41, 5.74) is 0.637. The average Bonchev–Trinajstić information content (AvgIpc) is 1.83. The van der Waals surface area contributed by atoms with E-state index in [9.17, 15) is 4.79 Å². The van der Waals surface area contributed by atoms with E-state index >= 15 is 0 Å². The molecule has 0 unspecified atom stereocenters. The van der Waals surface area contributed by atoms with E-state index in [4.69, 9.17) is 0 Å². The van der Waals surface area contributed by atoms with Crippen LogP contribution in [0.15, 0.2) is 23.6 Å². The highest BCUT2D eigenvalue weighted by Crippen LogP contribution is 1.99. The van der Waals surface area contributed by atoms with Crippen LogP contribution in [-0.2, 0) is 4.79 Å². The molecule has 0 radical (unpaired) electrons. The molecule has 0 rings (SSSR count). The third-order valence-corrected chi connectivity index (χ3v) is 1.13. The van der Waals surface area contributed by atoms with Crippen LogP contribution in [0.2, 0.25) is 0 Å². The molecule has 0 saturated heterocycles. The van der Waals surface area contributed by atoms with Gasteiger partial charge in [-0.2, -0.15) is 0 Å². The molecule has 0 aromatic rings. The number of carbonyl (C=O) groups is 1. The second-order valence-corrected chi connectivity index (χ2v) is 1.88. The molecule has 0 aliphatic carbocycles. The van der Waals surface area contributed by atoms with Gasteiger partial charge in [0.15, 0.2) is 6.29 Å². The summed E-state index contributed by atoms with van der Waals surface area (Å²) >= 11 is 1.49. The molecule has 0 bridgehead atoms. The van der Waals surface area contributed by atoms with Crippen molar-refractivity contribution in [3.05, 3.63) is 23.6 Å². The summed E-state index contributed by atoms with van der Waals surface area (Å²) in [5.74, 6) is 0. The van der Waals surface area contributed by atoms with Gasteiger partial charge in [0.25, 0.3) is 0 Å². The number of aldehydes is 1. The first-order valence-electron chi connectivity index (χ1n) is 2.15. The summed E-state index contributed by atoms with van der Waals surface area (Å²) < 4.78 is 0. The van der Waals surface area contributed by atoms with Gasteiger partial charge >= 0.3 is 0 Å². The van der Waals surface area contributed by atoms with E-state index in [-0.39, 0.29) is 0 Å². The molecule has 2 heteroatoms. The molecule has 1 nitrogen and oxygen atoms in total. The Morgan fingerprint density at radius 3 is 2.50 bits per heavy atom. The molecule has 0 saturated carbocycles. The number of thioether (sulfide) groups is 1. The van der Waals surface area contributed by atoms with Crippen molar-refractivity contribution in [2.24, 2.45) is 0 Å². The second-order valence-electron chi connectivity index (χ2n) is 1.18. The van der Waals surface area contributed by atoms with Gasteiger partial charge in [0.2, 0.25) is 0 Å². The van der Waals surface area contributed by atoms with Crippen LogP contribution in [0, 0.1) is 0 Å². The molecule has 0 aromatic heterocycles. The van der Waals surface area contributed by atoms with E-state index < -0.39 is 0 Å². The van der Waals surface area contributed by atoms with Crippen molar-refractivity contribution in [3.63, 3.8) is 0 Å². The molecular formula is C6H8OS. The summed E-state index contributed by atoms with van der Waals surface area (Å²) in [7, 11) is 0. The molecule has 0 N–H and O–H groups in total. The fourth-order valence-corrected chi connectivity index (χ4v) is 0.684. The standard InChI is InChI=1S/C6H8OS/c1-3-6(4-7)5-8-2/h3-5H,1H2,2H3/b6-5+. The predicted molar refractivity (Wildman–Crippen MR) is 37.9 cm³/mol. The molecule has 0 aliphatic rings. The molecule has 0 aliphatic heterocycles. The lowest BCUT2D eigenvalue weighted by Crippen LogP contribution is -1.73. The van der Waals surface area contributed by atoms with Crippen LogP contribution < -0.4 is 0 Å². The summed E-state index contributed by atoms with van der Waals surface area (Å²) in [5, 5.41) is 1.75. The van der Waals surface area contributed by atoms with E-state index in [1.807, 2.05) is 6.26 Å². The number of rotatable bonds is 3. The minimum Gasteiger partial charge on any atom is -0.298 e. The maximum absolute atomic E-state index is 9.97. The number of hydrogen-bond acceptors (Lipinski definition) is 2. The monoisotopic (exact) mass is 128 g/mol. The van der Waals surface area contributed by atoms with Crippen LogP contribution in [-0.4, -0.2) is 12.5 Å². The molecule has 0 heterocycles. The van der Waals surface area contributed by atoms with Crippen LogP contribution in [0.5, 0.6) is 0 Å². The normalized spacial score (nSPS) is 10.9. The van der Waals surface area contributed by atoms with Crippen LogP contribution >= 0.6 is 11.8 Å². The molecule has 0 fully saturated rings. The van der Waals surface area contributed by atoms with Gasteiger partial charge in [0.05, 0.1) is 0 Å². The zero-order valence-corrected chi connectivity index (χ0v) is 5.57. The van der Waals surface area contributed by atoms with Crippen LogP contribution in [0.25, 0.3) is 0 Å². The van der Waals surface area contributed by atoms with Crippen molar-refractivity contribution in [1.82, 2.24) is 0 Å². The van der Waals surface area contributed by atoms with Gasteiger partial charge in [-0.15, -0.1) is 11.8 Å². The SMILES string of the molecule is C=C/C(C=O)=C\SC. The van der Waals surface area contributed by atoms with Crippen LogP contribution in [0.4, 0.5) is 0 Å². The third kappa shape index (κ3) is 2.64. The van der Waals surface area contributed by atoms with E-state index in [0.717, 1.165) is 6.29 Å². The molecule has 0 amide bonds. The quantitative estimate of drug-likeness (QED) is 0.326. The van der Waals surface area contributed by atoms with Crippen LogP contribution in [0.1, 0.15) is 0 Å². The fraction of sp³-hybridized carbons (Fsp3) is 0.167. The Kier molecular flexibility index (Phi) is 4.36. The van der Waals surface area contributed by atoms with Gasteiger partial charge in [0.1, 0.15) is 0 Å². The van der Waals surface area contributed by atoms with Gasteiger partial charge in [0, 0.05) is 5.57 Å². The highest BCUT2D eigenvalue weighted by Gasteiger charge is 1.81. The predicted octanol–water partition coefficient (Wildman–Crippen LogP) is 1.62. The molecule has 0 spiro atoms. The fourth-order valence-electron chi connectivity index (χ4n) is 0.260. The first-order valence-corrected chi connectivity index (χ1v) is 3.44. The van der Waals surface area contributed by atoms with Gasteiger partial charge in [-0.25, -0.2) is 0 Å². The van der Waals surface area contributed by atoms with Crippen molar-refractivity contribution in [1.29, 1.82) is 0 Å². The number of allylic oxidation sites excluding steroid dienone is 2. The lowest BCUT2D eigenvalue weighted by molar-refractivity contribution is -0.104. The number of carbonyl (C=O) groups excluding carboxylic acids is 1. The van der Waals surface area contributed by atoms with Gasteiger partial charge in [-0.1, -0.05) is 12.7 Å². The van der Waals surface area contributed by atoms with E-state index in [1.54, 1.807) is 5.41 Å². The summed E-state index contributed by atoms with van der Waals surface area (Å²) in [6.07, 6.45) is 4.21. The minimum atomic E-state index is 0.637. The van der Waals surface area contributed by atoms with Crippen LogP contribution in [0.3, 0.4) is 0 Å². The van der Waals surface area contributed by atoms with E-state index in [2.05, 4.69) is 6.58 Å². The maximum Gasteiger partial charge on any atom is 0.150 e. The Labute approximate surface area is 53.5 Å². The average molecular weight is 128 g/mol. The lowest BCUT2D eigenvalue weighted by atomic mass is 10.3. The Bertz CT molecular complexity index is 106. The first kappa shape index (κ1) is 7.50. The largest absolute Gasteiger partial charge is 0.298 e. The van der Waals surface area contributed by atoms with Crippen molar-refractivity contribution in [2.45, 2.75) is 0 Å². The summed E-state index contributed by atoms with van der Waals surface area (Å²) in [4.78, 5) is 9.97. The molecular weight excluding hydrogens is 120 g/mol. The lowest BCUT2D eigenvalue weighted by Gasteiger charge is -1.82. The van der Waals surface area contributed by atoms with Crippen molar-refractivity contribution in [3.8, 4) is 0 Å². The molecule has 0 aromatic carbocycles. The maximum atomic E-state index is 9.97. The Morgan fingerprint density at radius 1 is 1.75 bits per heavy atom. The Hall–Kier alpha value is -0.500. The van der Waals surface area contributed by atoms with E-state index in [0.29, 0.717) is 5.57 Å². The summed E-state index contributed by atoms with van der Waals surface area (Å²) in [6, 6.07) is 0. The molecule has 44 valence electrons. The van der Waals surface area contributed by atoms with Gasteiger partial charge in [-0.3, -0.25) is 4.79 Å². The van der Waals surface area contributed by atoms with Gasteiger partial charge < -0.3 is 0 Å². The zero-order chi connectivity index (χ0) is 6.41.